The molecule has 0 spiro atoms. The molecule has 0 bridgehead atoms. The average molecular weight is 292 g/mol. The Morgan fingerprint density at radius 1 is 1.19 bits per heavy atom. The fraction of sp³-hybridized carbons (Fsp3) is 0.562. The molecular formula is C16H24N2O3. The van der Waals surface area contributed by atoms with Gasteiger partial charge in [-0.1, -0.05) is 0 Å². The van der Waals surface area contributed by atoms with Crippen molar-refractivity contribution < 1.29 is 14.3 Å². The van der Waals surface area contributed by atoms with Gasteiger partial charge in [0.1, 0.15) is 11.5 Å². The van der Waals surface area contributed by atoms with Crippen molar-refractivity contribution in [3.63, 3.8) is 0 Å². The summed E-state index contributed by atoms with van der Waals surface area (Å²) in [5, 5.41) is 0. The number of likely N-dealkylation sites (tertiary alicyclic amines) is 1. The Hall–Kier alpha value is -1.91. The summed E-state index contributed by atoms with van der Waals surface area (Å²) in [6.07, 6.45) is 3.21. The first-order valence-corrected chi connectivity index (χ1v) is 7.33. The van der Waals surface area contributed by atoms with Crippen molar-refractivity contribution in [3.8, 4) is 11.5 Å². The first-order chi connectivity index (χ1) is 9.99. The number of amides is 1. The number of nitrogens with two attached hydrogens (primary N) is 1. The molecule has 2 N–H and O–H groups in total. The van der Waals surface area contributed by atoms with Crippen LogP contribution in [0.5, 0.6) is 11.5 Å². The Kier molecular flexibility index (Phi) is 4.60. The first-order valence-electron chi connectivity index (χ1n) is 7.33. The van der Waals surface area contributed by atoms with Gasteiger partial charge in [-0.3, -0.25) is 4.79 Å². The number of hydrogen-bond donors (Lipinski definition) is 1. The van der Waals surface area contributed by atoms with E-state index >= 15 is 0 Å². The molecule has 1 amide bonds. The third-order valence-electron chi connectivity index (χ3n) is 4.23. The summed E-state index contributed by atoms with van der Waals surface area (Å²) in [6.45, 7) is 4.17. The molecule has 1 saturated heterocycles. The van der Waals surface area contributed by atoms with E-state index in [4.69, 9.17) is 15.2 Å². The van der Waals surface area contributed by atoms with Crippen LogP contribution >= 0.6 is 0 Å². The predicted octanol–water partition coefficient (Wildman–Crippen LogP) is 2.69. The Labute approximate surface area is 126 Å². The summed E-state index contributed by atoms with van der Waals surface area (Å²) < 4.78 is 10.5. The third kappa shape index (κ3) is 2.91. The summed E-state index contributed by atoms with van der Waals surface area (Å²) >= 11 is 0. The summed E-state index contributed by atoms with van der Waals surface area (Å²) in [7, 11) is 3.09. The van der Waals surface area contributed by atoms with Gasteiger partial charge in [-0.15, -0.1) is 0 Å². The fourth-order valence-corrected chi connectivity index (χ4v) is 3.03. The Morgan fingerprint density at radius 3 is 2.33 bits per heavy atom. The van der Waals surface area contributed by atoms with Crippen molar-refractivity contribution in [2.75, 3.05) is 20.0 Å². The van der Waals surface area contributed by atoms with Crippen molar-refractivity contribution >= 4 is 11.6 Å². The zero-order chi connectivity index (χ0) is 15.6. The van der Waals surface area contributed by atoms with E-state index in [1.807, 2.05) is 4.90 Å². The van der Waals surface area contributed by atoms with E-state index in [9.17, 15) is 4.79 Å². The lowest BCUT2D eigenvalue weighted by Crippen LogP contribution is -2.47. The largest absolute Gasteiger partial charge is 0.497 e. The highest BCUT2D eigenvalue weighted by Crippen LogP contribution is 2.34. The molecule has 1 heterocycles. The second-order valence-corrected chi connectivity index (χ2v) is 5.63. The van der Waals surface area contributed by atoms with Crippen LogP contribution in [0.3, 0.4) is 0 Å². The van der Waals surface area contributed by atoms with E-state index in [1.165, 1.54) is 7.11 Å². The SMILES string of the molecule is COc1cc(OC)c(N)c(C(=O)N2[C@H](C)CCC[C@@H]2C)c1. The van der Waals surface area contributed by atoms with Crippen LogP contribution in [0.15, 0.2) is 12.1 Å². The predicted molar refractivity (Wildman–Crippen MR) is 82.9 cm³/mol. The molecular weight excluding hydrogens is 268 g/mol. The van der Waals surface area contributed by atoms with Crippen LogP contribution in [0.25, 0.3) is 0 Å². The number of nitrogen functional groups attached to an aromatic ring is 1. The summed E-state index contributed by atoms with van der Waals surface area (Å²) in [5.41, 5.74) is 6.91. The maximum atomic E-state index is 12.9. The monoisotopic (exact) mass is 292 g/mol. The lowest BCUT2D eigenvalue weighted by Gasteiger charge is -2.39. The van der Waals surface area contributed by atoms with Crippen LogP contribution in [-0.4, -0.2) is 37.1 Å². The standard InChI is InChI=1S/C16H24N2O3/c1-10-6-5-7-11(2)18(10)16(19)13-8-12(20-3)9-14(21-4)15(13)17/h8-11H,5-7,17H2,1-4H3/t10-,11+. The number of carbonyl (C=O) groups excluding carboxylic acids is 1. The van der Waals surface area contributed by atoms with Crippen molar-refractivity contribution in [1.29, 1.82) is 0 Å². The molecule has 116 valence electrons. The molecule has 0 aromatic heterocycles. The number of rotatable bonds is 3. The highest BCUT2D eigenvalue weighted by Gasteiger charge is 2.31. The van der Waals surface area contributed by atoms with Crippen molar-refractivity contribution in [1.82, 2.24) is 4.90 Å². The molecule has 1 aliphatic rings. The fourth-order valence-electron chi connectivity index (χ4n) is 3.03. The van der Waals surface area contributed by atoms with Crippen molar-refractivity contribution in [2.24, 2.45) is 0 Å². The quantitative estimate of drug-likeness (QED) is 0.870. The maximum absolute atomic E-state index is 12.9. The molecule has 2 atom stereocenters. The van der Waals surface area contributed by atoms with E-state index in [-0.39, 0.29) is 18.0 Å². The minimum atomic E-state index is -0.0515. The topological polar surface area (TPSA) is 64.8 Å². The van der Waals surface area contributed by atoms with Crippen LogP contribution in [0.2, 0.25) is 0 Å². The second-order valence-electron chi connectivity index (χ2n) is 5.63. The Morgan fingerprint density at radius 2 is 1.81 bits per heavy atom. The number of nitrogens with zero attached hydrogens (tertiary/aromatic N) is 1. The number of benzene rings is 1. The van der Waals surface area contributed by atoms with Gasteiger partial charge in [0.05, 0.1) is 25.5 Å². The lowest BCUT2D eigenvalue weighted by molar-refractivity contribution is 0.0511. The lowest BCUT2D eigenvalue weighted by atomic mass is 9.96. The zero-order valence-corrected chi connectivity index (χ0v) is 13.2. The average Bonchev–Trinajstić information content (AvgIpc) is 2.47. The minimum Gasteiger partial charge on any atom is -0.497 e. The number of hydrogen-bond acceptors (Lipinski definition) is 4. The van der Waals surface area contributed by atoms with Crippen LogP contribution < -0.4 is 15.2 Å². The Balaban J connectivity index is 2.42. The van der Waals surface area contributed by atoms with E-state index < -0.39 is 0 Å². The Bertz CT molecular complexity index is 520. The van der Waals surface area contributed by atoms with E-state index in [0.29, 0.717) is 22.7 Å². The van der Waals surface area contributed by atoms with Gasteiger partial charge in [0.2, 0.25) is 0 Å². The van der Waals surface area contributed by atoms with Crippen LogP contribution in [0, 0.1) is 0 Å². The third-order valence-corrected chi connectivity index (χ3v) is 4.23. The van der Waals surface area contributed by atoms with E-state index in [0.717, 1.165) is 19.3 Å². The minimum absolute atomic E-state index is 0.0515. The van der Waals surface area contributed by atoms with Crippen molar-refractivity contribution in [3.05, 3.63) is 17.7 Å². The van der Waals surface area contributed by atoms with Gasteiger partial charge in [-0.05, 0) is 39.2 Å². The van der Waals surface area contributed by atoms with Gasteiger partial charge < -0.3 is 20.1 Å². The highest BCUT2D eigenvalue weighted by molar-refractivity contribution is 6.01. The second kappa shape index (κ2) is 6.24. The van der Waals surface area contributed by atoms with Gasteiger partial charge in [-0.25, -0.2) is 0 Å². The molecule has 1 aromatic rings. The molecule has 0 saturated carbocycles. The molecule has 0 radical (unpaired) electrons. The number of piperidine rings is 1. The van der Waals surface area contributed by atoms with Crippen LogP contribution in [-0.2, 0) is 0 Å². The number of ether oxygens (including phenoxy) is 2. The maximum Gasteiger partial charge on any atom is 0.256 e. The van der Waals surface area contributed by atoms with Crippen molar-refractivity contribution in [2.45, 2.75) is 45.2 Å². The van der Waals surface area contributed by atoms with Crippen LogP contribution in [0.4, 0.5) is 5.69 Å². The van der Waals surface area contributed by atoms with E-state index in [1.54, 1.807) is 19.2 Å². The number of anilines is 1. The van der Waals surface area contributed by atoms with Gasteiger partial charge in [-0.2, -0.15) is 0 Å². The highest BCUT2D eigenvalue weighted by atomic mass is 16.5. The summed E-state index contributed by atoms with van der Waals surface area (Å²) in [6, 6.07) is 3.82. The molecule has 5 nitrogen and oxygen atoms in total. The van der Waals surface area contributed by atoms with Gasteiger partial charge in [0, 0.05) is 18.2 Å². The van der Waals surface area contributed by atoms with E-state index in [2.05, 4.69) is 13.8 Å². The summed E-state index contributed by atoms with van der Waals surface area (Å²) in [4.78, 5) is 14.8. The van der Waals surface area contributed by atoms with Gasteiger partial charge >= 0.3 is 0 Å². The van der Waals surface area contributed by atoms with Gasteiger partial charge in [0.25, 0.3) is 5.91 Å². The number of carbonyl (C=O) groups is 1. The molecule has 21 heavy (non-hydrogen) atoms. The molecule has 0 unspecified atom stereocenters. The molecule has 2 rings (SSSR count). The zero-order valence-electron chi connectivity index (χ0n) is 13.2. The normalized spacial score (nSPS) is 22.0. The molecule has 0 aliphatic carbocycles. The van der Waals surface area contributed by atoms with Crippen LogP contribution in [0.1, 0.15) is 43.5 Å². The first kappa shape index (κ1) is 15.5. The summed E-state index contributed by atoms with van der Waals surface area (Å²) in [5.74, 6) is 0.987. The van der Waals surface area contributed by atoms with Gasteiger partial charge in [0.15, 0.2) is 0 Å². The smallest absolute Gasteiger partial charge is 0.256 e. The molecule has 1 aliphatic heterocycles. The molecule has 5 heteroatoms. The molecule has 1 fully saturated rings. The number of methoxy groups -OCH3 is 2. The molecule has 1 aromatic carbocycles.